The number of hydrogen-bond acceptors (Lipinski definition) is 6. The molecule has 0 unspecified atom stereocenters. The minimum Gasteiger partial charge on any atom is -0.497 e. The van der Waals surface area contributed by atoms with Gasteiger partial charge >= 0.3 is 0 Å². The van der Waals surface area contributed by atoms with Crippen LogP contribution in [0.15, 0.2) is 46.1 Å². The fourth-order valence-electron chi connectivity index (χ4n) is 4.48. The van der Waals surface area contributed by atoms with Gasteiger partial charge in [-0.2, -0.15) is 4.31 Å². The van der Waals surface area contributed by atoms with E-state index in [0.29, 0.717) is 47.8 Å². The van der Waals surface area contributed by atoms with Gasteiger partial charge in [0.15, 0.2) is 0 Å². The Morgan fingerprint density at radius 2 is 1.82 bits per heavy atom. The number of fused-ring (bicyclic) bond motifs is 1. The first kappa shape index (κ1) is 24.4. The third-order valence-corrected chi connectivity index (χ3v) is 8.09. The maximum Gasteiger partial charge on any atom is 0.252 e. The zero-order chi connectivity index (χ0) is 24.5. The number of methoxy groups -OCH3 is 1. The second-order valence-corrected chi connectivity index (χ2v) is 10.5. The summed E-state index contributed by atoms with van der Waals surface area (Å²) in [6, 6.07) is 10.8. The number of H-pyrrole nitrogens is 1. The number of nitrogens with zero attached hydrogens (tertiary/aromatic N) is 1. The first-order valence-corrected chi connectivity index (χ1v) is 12.6. The lowest BCUT2D eigenvalue weighted by Gasteiger charge is -2.30. The lowest BCUT2D eigenvalue weighted by Crippen LogP contribution is -2.43. The zero-order valence-corrected chi connectivity index (χ0v) is 20.7. The van der Waals surface area contributed by atoms with E-state index >= 15 is 0 Å². The number of aryl methyl sites for hydroxylation is 3. The Morgan fingerprint density at radius 1 is 1.09 bits per heavy atom. The fraction of sp³-hybridized carbons (Fsp3) is 0.400. The molecule has 34 heavy (non-hydrogen) atoms. The molecule has 0 saturated carbocycles. The van der Waals surface area contributed by atoms with Gasteiger partial charge in [0, 0.05) is 24.7 Å². The molecule has 9 heteroatoms. The van der Waals surface area contributed by atoms with Crippen molar-refractivity contribution in [2.24, 2.45) is 0 Å². The van der Waals surface area contributed by atoms with Crippen LogP contribution in [0.25, 0.3) is 10.9 Å². The molecule has 1 aliphatic heterocycles. The Hall–Kier alpha value is -2.72. The molecule has 0 aliphatic carbocycles. The van der Waals surface area contributed by atoms with Gasteiger partial charge in [0.05, 0.1) is 43.4 Å². The molecule has 0 radical (unpaired) electrons. The highest BCUT2D eigenvalue weighted by atomic mass is 32.2. The second kappa shape index (κ2) is 9.87. The highest BCUT2D eigenvalue weighted by Gasteiger charge is 2.32. The largest absolute Gasteiger partial charge is 0.497 e. The Labute approximate surface area is 199 Å². The fourth-order valence-corrected chi connectivity index (χ4v) is 6.34. The minimum atomic E-state index is -3.93. The molecule has 8 nitrogen and oxygen atoms in total. The van der Waals surface area contributed by atoms with E-state index in [1.165, 1.54) is 4.31 Å². The highest BCUT2D eigenvalue weighted by Crippen LogP contribution is 2.27. The lowest BCUT2D eigenvalue weighted by molar-refractivity contribution is -0.0923. The normalized spacial score (nSPS) is 16.8. The molecule has 0 amide bonds. The van der Waals surface area contributed by atoms with Crippen LogP contribution < -0.4 is 10.3 Å². The van der Waals surface area contributed by atoms with E-state index in [1.54, 1.807) is 39.2 Å². The number of benzene rings is 2. The highest BCUT2D eigenvalue weighted by molar-refractivity contribution is 7.89. The molecule has 2 heterocycles. The van der Waals surface area contributed by atoms with Crippen molar-refractivity contribution in [2.75, 3.05) is 33.5 Å². The van der Waals surface area contributed by atoms with E-state index in [9.17, 15) is 13.2 Å². The number of sulfonamides is 1. The molecule has 0 spiro atoms. The topological polar surface area (TPSA) is 97.9 Å². The number of aromatic amines is 1. The molecule has 1 fully saturated rings. The van der Waals surface area contributed by atoms with Crippen molar-refractivity contribution in [1.29, 1.82) is 0 Å². The number of rotatable bonds is 7. The lowest BCUT2D eigenvalue weighted by atomic mass is 10.1. The molecule has 2 aromatic carbocycles. The maximum absolute atomic E-state index is 13.9. The summed E-state index contributed by atoms with van der Waals surface area (Å²) in [5.41, 5.74) is 2.95. The van der Waals surface area contributed by atoms with Crippen LogP contribution in [-0.2, 0) is 26.0 Å². The maximum atomic E-state index is 13.9. The summed E-state index contributed by atoms with van der Waals surface area (Å²) in [7, 11) is -2.37. The molecule has 3 aromatic rings. The average Bonchev–Trinajstić information content (AvgIpc) is 2.78. The molecular weight excluding hydrogens is 456 g/mol. The van der Waals surface area contributed by atoms with Crippen LogP contribution in [0, 0.1) is 20.8 Å². The van der Waals surface area contributed by atoms with Crippen molar-refractivity contribution in [2.45, 2.75) is 38.3 Å². The number of nitrogens with one attached hydrogen (secondary N) is 1. The van der Waals surface area contributed by atoms with Gasteiger partial charge in [-0.05, 0) is 55.5 Å². The van der Waals surface area contributed by atoms with Gasteiger partial charge in [-0.15, -0.1) is 0 Å². The summed E-state index contributed by atoms with van der Waals surface area (Å²) in [4.78, 5) is 16.0. The first-order valence-electron chi connectivity index (χ1n) is 11.2. The summed E-state index contributed by atoms with van der Waals surface area (Å²) >= 11 is 0. The van der Waals surface area contributed by atoms with Gasteiger partial charge in [-0.25, -0.2) is 8.42 Å². The summed E-state index contributed by atoms with van der Waals surface area (Å²) in [5, 5.41) is 0.785. The van der Waals surface area contributed by atoms with Gasteiger partial charge in [0.25, 0.3) is 5.56 Å². The van der Waals surface area contributed by atoms with Crippen molar-refractivity contribution in [3.8, 4) is 5.75 Å². The van der Waals surface area contributed by atoms with Crippen molar-refractivity contribution in [3.05, 3.63) is 69.0 Å². The molecular formula is C25H30N2O6S. The standard InChI is InChI=1S/C25H30N2O6S/c1-16-9-17(2)24(18(3)10-16)34(29,30)27(14-22-15-32-7-8-33-22)13-20-11-19-5-6-21(31-4)12-23(19)26-25(20)28/h5-6,9-12,22H,7-8,13-15H2,1-4H3,(H,26,28)/t22-/m1/s1. The smallest absolute Gasteiger partial charge is 0.252 e. The summed E-state index contributed by atoms with van der Waals surface area (Å²) in [5.74, 6) is 0.625. The monoisotopic (exact) mass is 486 g/mol. The summed E-state index contributed by atoms with van der Waals surface area (Å²) in [6.07, 6.45) is -0.418. The molecule has 1 aliphatic rings. The second-order valence-electron chi connectivity index (χ2n) is 8.67. The van der Waals surface area contributed by atoms with Crippen LogP contribution in [-0.4, -0.2) is 57.3 Å². The van der Waals surface area contributed by atoms with E-state index in [4.69, 9.17) is 14.2 Å². The number of aromatic nitrogens is 1. The molecule has 1 aromatic heterocycles. The summed E-state index contributed by atoms with van der Waals surface area (Å²) in [6.45, 7) is 6.69. The predicted octanol–water partition coefficient (Wildman–Crippen LogP) is 3.07. The van der Waals surface area contributed by atoms with Crippen molar-refractivity contribution in [1.82, 2.24) is 9.29 Å². The minimum absolute atomic E-state index is 0.0786. The Kier molecular flexibility index (Phi) is 7.09. The van der Waals surface area contributed by atoms with E-state index in [1.807, 2.05) is 25.1 Å². The van der Waals surface area contributed by atoms with E-state index in [0.717, 1.165) is 10.9 Å². The number of ether oxygens (including phenoxy) is 3. The predicted molar refractivity (Wildman–Crippen MR) is 130 cm³/mol. The van der Waals surface area contributed by atoms with Crippen LogP contribution in [0.2, 0.25) is 0 Å². The first-order chi connectivity index (χ1) is 16.2. The third-order valence-electron chi connectivity index (χ3n) is 5.97. The van der Waals surface area contributed by atoms with Crippen LogP contribution >= 0.6 is 0 Å². The average molecular weight is 487 g/mol. The van der Waals surface area contributed by atoms with Gasteiger partial charge in [0.1, 0.15) is 5.75 Å². The quantitative estimate of drug-likeness (QED) is 0.551. The van der Waals surface area contributed by atoms with Gasteiger partial charge in [0.2, 0.25) is 10.0 Å². The molecule has 4 rings (SSSR count). The van der Waals surface area contributed by atoms with Gasteiger partial charge < -0.3 is 19.2 Å². The Balaban J connectivity index is 1.76. The molecule has 0 bridgehead atoms. The van der Waals surface area contributed by atoms with Gasteiger partial charge in [-0.3, -0.25) is 4.79 Å². The molecule has 1 saturated heterocycles. The number of pyridine rings is 1. The van der Waals surface area contributed by atoms with E-state index < -0.39 is 16.1 Å². The van der Waals surface area contributed by atoms with Crippen molar-refractivity contribution < 1.29 is 22.6 Å². The van der Waals surface area contributed by atoms with Crippen LogP contribution in [0.5, 0.6) is 5.75 Å². The SMILES string of the molecule is COc1ccc2cc(CN(C[C@@H]3COCCO3)S(=O)(=O)c3c(C)cc(C)cc3C)c(=O)[nH]c2c1. The molecule has 1 N–H and O–H groups in total. The Bertz CT molecular complexity index is 1340. The van der Waals surface area contributed by atoms with Crippen molar-refractivity contribution >= 4 is 20.9 Å². The van der Waals surface area contributed by atoms with Crippen LogP contribution in [0.4, 0.5) is 0 Å². The van der Waals surface area contributed by atoms with Crippen molar-refractivity contribution in [3.63, 3.8) is 0 Å². The van der Waals surface area contributed by atoms with E-state index in [2.05, 4.69) is 4.98 Å². The zero-order valence-electron chi connectivity index (χ0n) is 19.9. The third kappa shape index (κ3) is 5.02. The Morgan fingerprint density at radius 3 is 2.47 bits per heavy atom. The van der Waals surface area contributed by atoms with Gasteiger partial charge in [-0.1, -0.05) is 17.7 Å². The van der Waals surface area contributed by atoms with Crippen LogP contribution in [0.1, 0.15) is 22.3 Å². The van der Waals surface area contributed by atoms with E-state index in [-0.39, 0.29) is 23.5 Å². The molecule has 182 valence electrons. The molecule has 1 atom stereocenters. The number of hydrogen-bond donors (Lipinski definition) is 1. The summed E-state index contributed by atoms with van der Waals surface area (Å²) < 4.78 is 45.6. The van der Waals surface area contributed by atoms with Crippen LogP contribution in [0.3, 0.4) is 0 Å².